The second-order valence-electron chi connectivity index (χ2n) is 1.44. The average molecular weight is 175 g/mol. The van der Waals surface area contributed by atoms with Gasteiger partial charge in [-0.3, -0.25) is 9.52 Å². The quantitative estimate of drug-likeness (QED) is 0.681. The molecular formula is C5H5NO2S2. The highest BCUT2D eigenvalue weighted by molar-refractivity contribution is 7.85. The van der Waals surface area contributed by atoms with E-state index in [-0.39, 0.29) is 0 Å². The molecule has 1 rings (SSSR count). The fourth-order valence-electron chi connectivity index (χ4n) is 0.471. The Morgan fingerprint density at radius 1 is 1.70 bits per heavy atom. The predicted molar refractivity (Wildman–Crippen MR) is 39.9 cm³/mol. The molecule has 10 heavy (non-hydrogen) atoms. The topological polar surface area (TPSA) is 46.2 Å². The molecule has 0 spiro atoms. The Hall–Kier alpha value is -0.680. The van der Waals surface area contributed by atoms with Crippen molar-refractivity contribution in [3.8, 4) is 0 Å². The van der Waals surface area contributed by atoms with E-state index in [9.17, 15) is 9.00 Å². The van der Waals surface area contributed by atoms with Crippen molar-refractivity contribution in [2.24, 2.45) is 0 Å². The van der Waals surface area contributed by atoms with Gasteiger partial charge in [-0.25, -0.2) is 4.21 Å². The van der Waals surface area contributed by atoms with Gasteiger partial charge in [0.1, 0.15) is 4.21 Å². The van der Waals surface area contributed by atoms with Crippen LogP contribution in [-0.4, -0.2) is 10.6 Å². The number of hydrogen-bond donors (Lipinski definition) is 1. The molecule has 1 atom stereocenters. The highest BCUT2D eigenvalue weighted by Gasteiger charge is 2.00. The van der Waals surface area contributed by atoms with Gasteiger partial charge in [0.25, 0.3) is 0 Å². The van der Waals surface area contributed by atoms with Gasteiger partial charge in [0.05, 0.1) is 0 Å². The van der Waals surface area contributed by atoms with Crippen LogP contribution in [0.5, 0.6) is 0 Å². The Morgan fingerprint density at radius 2 is 2.50 bits per heavy atom. The lowest BCUT2D eigenvalue weighted by Crippen LogP contribution is -2.13. The fourth-order valence-corrected chi connectivity index (χ4v) is 1.99. The molecule has 0 bridgehead atoms. The molecular weight excluding hydrogens is 170 g/mol. The van der Waals surface area contributed by atoms with Gasteiger partial charge in [0.2, 0.25) is 6.41 Å². The number of hydrogen-bond acceptors (Lipinski definition) is 3. The van der Waals surface area contributed by atoms with E-state index in [1.54, 1.807) is 17.5 Å². The van der Waals surface area contributed by atoms with Gasteiger partial charge in [-0.15, -0.1) is 11.3 Å². The largest absolute Gasteiger partial charge is 0.278 e. The van der Waals surface area contributed by atoms with Crippen molar-refractivity contribution in [1.82, 2.24) is 4.72 Å². The van der Waals surface area contributed by atoms with Crippen LogP contribution in [0.4, 0.5) is 0 Å². The molecule has 5 heteroatoms. The Bertz CT molecular complexity index is 232. The van der Waals surface area contributed by atoms with Crippen LogP contribution in [0, 0.1) is 0 Å². The van der Waals surface area contributed by atoms with Crippen molar-refractivity contribution in [1.29, 1.82) is 0 Å². The smallest absolute Gasteiger partial charge is 0.219 e. The number of amides is 1. The molecule has 0 aliphatic carbocycles. The van der Waals surface area contributed by atoms with Gasteiger partial charge < -0.3 is 0 Å². The Balaban J connectivity index is 2.68. The Labute approximate surface area is 64.7 Å². The molecule has 1 unspecified atom stereocenters. The molecule has 0 saturated carbocycles. The van der Waals surface area contributed by atoms with Crippen LogP contribution in [-0.2, 0) is 15.8 Å². The molecule has 0 radical (unpaired) electrons. The number of carbonyl (C=O) groups excluding carboxylic acids is 1. The lowest BCUT2D eigenvalue weighted by molar-refractivity contribution is -0.108. The molecule has 0 fully saturated rings. The lowest BCUT2D eigenvalue weighted by Gasteiger charge is -1.91. The molecule has 1 heterocycles. The molecule has 1 aromatic heterocycles. The zero-order valence-electron chi connectivity index (χ0n) is 4.94. The van der Waals surface area contributed by atoms with Gasteiger partial charge in [-0.1, -0.05) is 6.07 Å². The van der Waals surface area contributed by atoms with Crippen LogP contribution in [0.25, 0.3) is 0 Å². The van der Waals surface area contributed by atoms with Gasteiger partial charge in [0, 0.05) is 0 Å². The zero-order chi connectivity index (χ0) is 7.40. The summed E-state index contributed by atoms with van der Waals surface area (Å²) in [5, 5.41) is 1.81. The van der Waals surface area contributed by atoms with Crippen LogP contribution >= 0.6 is 11.3 Å². The minimum atomic E-state index is -1.35. The molecule has 3 nitrogen and oxygen atoms in total. The van der Waals surface area contributed by atoms with E-state index in [0.717, 1.165) is 0 Å². The molecule has 54 valence electrons. The van der Waals surface area contributed by atoms with Crippen molar-refractivity contribution in [2.45, 2.75) is 4.21 Å². The Morgan fingerprint density at radius 3 is 3.00 bits per heavy atom. The maximum atomic E-state index is 10.9. The third-order valence-electron chi connectivity index (χ3n) is 0.833. The summed E-state index contributed by atoms with van der Waals surface area (Å²) in [6.07, 6.45) is 0.426. The van der Waals surface area contributed by atoms with Crippen molar-refractivity contribution in [2.75, 3.05) is 0 Å². The summed E-state index contributed by atoms with van der Waals surface area (Å²) in [7, 11) is -1.35. The first-order valence-electron chi connectivity index (χ1n) is 2.49. The van der Waals surface area contributed by atoms with Gasteiger partial charge >= 0.3 is 0 Å². The highest BCUT2D eigenvalue weighted by atomic mass is 32.2. The molecule has 1 N–H and O–H groups in total. The van der Waals surface area contributed by atoms with Crippen molar-refractivity contribution in [3.05, 3.63) is 17.5 Å². The summed E-state index contributed by atoms with van der Waals surface area (Å²) in [4.78, 5) is 9.81. The lowest BCUT2D eigenvalue weighted by atomic mass is 10.7. The molecule has 0 aromatic carbocycles. The van der Waals surface area contributed by atoms with Crippen molar-refractivity contribution >= 4 is 28.7 Å². The van der Waals surface area contributed by atoms with E-state index in [1.165, 1.54) is 11.3 Å². The number of thiophene rings is 1. The second kappa shape index (κ2) is 3.48. The minimum absolute atomic E-state index is 0.426. The van der Waals surface area contributed by atoms with Crippen LogP contribution in [0.1, 0.15) is 0 Å². The highest BCUT2D eigenvalue weighted by Crippen LogP contribution is 2.11. The van der Waals surface area contributed by atoms with E-state index in [1.807, 2.05) is 0 Å². The molecule has 0 aliphatic rings. The summed E-state index contributed by atoms with van der Waals surface area (Å²) in [6.45, 7) is 0. The van der Waals surface area contributed by atoms with Gasteiger partial charge in [-0.2, -0.15) is 0 Å². The number of nitrogens with one attached hydrogen (secondary N) is 1. The number of rotatable bonds is 3. The van der Waals surface area contributed by atoms with Gasteiger partial charge in [-0.05, 0) is 11.4 Å². The van der Waals surface area contributed by atoms with E-state index >= 15 is 0 Å². The van der Waals surface area contributed by atoms with Crippen LogP contribution in [0.3, 0.4) is 0 Å². The average Bonchev–Trinajstić information content (AvgIpc) is 2.38. The summed E-state index contributed by atoms with van der Waals surface area (Å²) < 4.78 is 13.7. The molecule has 0 saturated heterocycles. The third kappa shape index (κ3) is 1.65. The van der Waals surface area contributed by atoms with E-state index in [2.05, 4.69) is 4.72 Å². The summed E-state index contributed by atoms with van der Waals surface area (Å²) in [6, 6.07) is 3.49. The predicted octanol–water partition coefficient (Wildman–Crippen LogP) is 0.517. The van der Waals surface area contributed by atoms with Crippen LogP contribution in [0.2, 0.25) is 0 Å². The van der Waals surface area contributed by atoms with E-state index < -0.39 is 11.0 Å². The van der Waals surface area contributed by atoms with Crippen LogP contribution in [0.15, 0.2) is 21.7 Å². The first kappa shape index (κ1) is 7.43. The fraction of sp³-hybridized carbons (Fsp3) is 0. The van der Waals surface area contributed by atoms with Crippen molar-refractivity contribution in [3.63, 3.8) is 0 Å². The normalized spacial score (nSPS) is 12.4. The maximum absolute atomic E-state index is 10.9. The summed E-state index contributed by atoms with van der Waals surface area (Å²) in [5.74, 6) is 0. The maximum Gasteiger partial charge on any atom is 0.219 e. The third-order valence-corrected chi connectivity index (χ3v) is 3.05. The van der Waals surface area contributed by atoms with Crippen LogP contribution < -0.4 is 4.72 Å². The van der Waals surface area contributed by atoms with Crippen molar-refractivity contribution < 1.29 is 9.00 Å². The summed E-state index contributed by atoms with van der Waals surface area (Å²) in [5.41, 5.74) is 0. The van der Waals surface area contributed by atoms with E-state index in [0.29, 0.717) is 10.6 Å². The molecule has 1 aromatic rings. The first-order chi connectivity index (χ1) is 4.84. The SMILES string of the molecule is O=CNS(=O)c1cccs1. The van der Waals surface area contributed by atoms with Gasteiger partial charge in [0.15, 0.2) is 11.0 Å². The minimum Gasteiger partial charge on any atom is -0.278 e. The molecule has 1 amide bonds. The van der Waals surface area contributed by atoms with E-state index in [4.69, 9.17) is 0 Å². The first-order valence-corrected chi connectivity index (χ1v) is 4.52. The summed E-state index contributed by atoms with van der Waals surface area (Å²) >= 11 is 1.35. The Kier molecular flexibility index (Phi) is 2.58. The monoisotopic (exact) mass is 175 g/mol. The number of carbonyl (C=O) groups is 1. The second-order valence-corrected chi connectivity index (χ2v) is 3.86. The molecule has 0 aliphatic heterocycles. The standard InChI is InChI=1S/C5H5NO2S2/c7-4-6-10(8)5-2-1-3-9-5/h1-4H,(H,6,7). The zero-order valence-corrected chi connectivity index (χ0v) is 6.58.